The van der Waals surface area contributed by atoms with Gasteiger partial charge in [0, 0.05) is 109 Å². The van der Waals surface area contributed by atoms with Crippen LogP contribution in [0.5, 0.6) is 0 Å². The van der Waals surface area contributed by atoms with Gasteiger partial charge in [-0.25, -0.2) is 13.7 Å². The maximum Gasteiger partial charge on any atom is 0.469 e. The SMILES string of the molecule is CC(COP(=O)(O)O)C(O)C(O)C(O)C(O)OCCCCC(=O)NCCCNC(=O)CCOCC(C)(COCCC(=O)NCCCNC(=O)CCCCOC1OC(COP(=O)(O)O)C(O)C(O)C1O)COCCC(=O)NCCCNC(=O)CCCCOC1OC(COP(=O)(O)O)C(O)C(O)C1O. The lowest BCUT2D eigenvalue weighted by atomic mass is 9.94. The summed E-state index contributed by atoms with van der Waals surface area (Å²) in [5.74, 6) is -2.92. The minimum atomic E-state index is -4.92. The van der Waals surface area contributed by atoms with Gasteiger partial charge in [-0.15, -0.1) is 0 Å². The highest BCUT2D eigenvalue weighted by Gasteiger charge is 2.46. The molecule has 42 nitrogen and oxygen atoms in total. The molecule has 2 rings (SSSR count). The Morgan fingerprint density at radius 1 is 0.402 bits per heavy atom. The summed E-state index contributed by atoms with van der Waals surface area (Å²) in [6.45, 7) is 2.11. The van der Waals surface area contributed by atoms with Crippen molar-refractivity contribution >= 4 is 58.9 Å². The molecule has 22 N–H and O–H groups in total. The molecule has 0 aliphatic carbocycles. The fraction of sp³-hybridized carbons (Fsp3) is 0.895. The highest BCUT2D eigenvalue weighted by atomic mass is 31.2. The van der Waals surface area contributed by atoms with Crippen molar-refractivity contribution in [2.24, 2.45) is 11.3 Å². The number of phosphoric ester groups is 3. The van der Waals surface area contributed by atoms with Crippen LogP contribution in [-0.2, 0) is 93.9 Å². The number of carbonyl (C=O) groups excluding carboxylic acids is 6. The van der Waals surface area contributed by atoms with E-state index in [2.05, 4.69) is 45.5 Å². The molecule has 6 amide bonds. The number of rotatable bonds is 58. The van der Waals surface area contributed by atoms with E-state index in [0.717, 1.165) is 0 Å². The first kappa shape index (κ1) is 94.5. The molecule has 0 spiro atoms. The first-order chi connectivity index (χ1) is 47.9. The Balaban J connectivity index is 1.73. The monoisotopic (exact) mass is 1550 g/mol. The zero-order valence-electron chi connectivity index (χ0n) is 57.2. The molecule has 0 aromatic rings. The van der Waals surface area contributed by atoms with Gasteiger partial charge in [0.1, 0.15) is 61.0 Å². The van der Waals surface area contributed by atoms with Gasteiger partial charge >= 0.3 is 23.5 Å². The van der Waals surface area contributed by atoms with Crippen molar-refractivity contribution in [1.82, 2.24) is 31.9 Å². The first-order valence-corrected chi connectivity index (χ1v) is 37.9. The summed E-state index contributed by atoms with van der Waals surface area (Å²) in [5, 5.41) is 118. The smallest absolute Gasteiger partial charge is 0.390 e. The third kappa shape index (κ3) is 43.3. The quantitative estimate of drug-likeness (QED) is 0.0153. The van der Waals surface area contributed by atoms with Crippen molar-refractivity contribution in [3.8, 4) is 0 Å². The lowest BCUT2D eigenvalue weighted by molar-refractivity contribution is -0.300. The molecular formula is C57H109N6O36P3. The Morgan fingerprint density at radius 2 is 0.716 bits per heavy atom. The second-order valence-electron chi connectivity index (χ2n) is 24.6. The van der Waals surface area contributed by atoms with Crippen LogP contribution in [0.25, 0.3) is 0 Å². The van der Waals surface area contributed by atoms with Crippen molar-refractivity contribution in [3.05, 3.63) is 0 Å². The van der Waals surface area contributed by atoms with Gasteiger partial charge in [0.15, 0.2) is 18.9 Å². The number of amides is 6. The van der Waals surface area contributed by atoms with Gasteiger partial charge in [-0.05, 0) is 57.8 Å². The standard InChI is InChI=1S/C57H109N6O36P3/c1-36(30-95-100(80,81)82)45(70)48(73)51(76)54(79)92-24-6-3-12-39(64)58-18-9-21-61-42(67)15-27-89-33-57(2,34-90-28-16-43(68)62-22-10-19-59-40(65)13-4-7-25-93-55-52(77)49(74)46(71)37(98-55)31-96-101(83,84)85)35-91-29-17-44(69)63-23-11-20-60-41(66)14-5-8-26-94-56-53(78)50(75)47(72)38(99-56)32-97-102(86,87)88/h36-38,45-56,70-79H,3-35H2,1-2H3,(H,58,64)(H,59,65)(H,60,66)(H,61,67)(H,62,68)(H,63,69)(H2,80,81,82)(H2,83,84,85)(H2,86,87,88). The van der Waals surface area contributed by atoms with Gasteiger partial charge in [-0.2, -0.15) is 0 Å². The Bertz CT molecular complexity index is 2440. The summed E-state index contributed by atoms with van der Waals surface area (Å²) in [6.07, 6.45) is -20.4. The molecule has 2 aliphatic heterocycles. The number of ether oxygens (including phenoxy) is 8. The van der Waals surface area contributed by atoms with E-state index >= 15 is 0 Å². The summed E-state index contributed by atoms with van der Waals surface area (Å²) in [5.41, 5.74) is -0.839. The molecule has 45 heteroatoms. The number of aliphatic hydroxyl groups excluding tert-OH is 10. The number of phosphoric acid groups is 3. The predicted octanol–water partition coefficient (Wildman–Crippen LogP) is -6.38. The molecule has 2 aliphatic rings. The number of hydrogen-bond acceptors (Lipinski definition) is 30. The highest BCUT2D eigenvalue weighted by molar-refractivity contribution is 7.46. The molecule has 2 heterocycles. The fourth-order valence-electron chi connectivity index (χ4n) is 9.35. The summed E-state index contributed by atoms with van der Waals surface area (Å²) in [6, 6.07) is 0. The molecule has 0 radical (unpaired) electrons. The largest absolute Gasteiger partial charge is 0.469 e. The predicted molar refractivity (Wildman–Crippen MR) is 346 cm³/mol. The zero-order valence-corrected chi connectivity index (χ0v) is 59.8. The summed E-state index contributed by atoms with van der Waals surface area (Å²) < 4.78 is 90.1. The lowest BCUT2D eigenvalue weighted by Crippen LogP contribution is -2.59. The first-order valence-electron chi connectivity index (χ1n) is 33.3. The van der Waals surface area contributed by atoms with Crippen molar-refractivity contribution < 1.29 is 174 Å². The van der Waals surface area contributed by atoms with Crippen LogP contribution >= 0.6 is 23.5 Å². The molecule has 0 saturated carbocycles. The molecular weight excluding hydrogens is 1440 g/mol. The van der Waals surface area contributed by atoms with Crippen molar-refractivity contribution in [1.29, 1.82) is 0 Å². The number of aliphatic hydroxyl groups is 10. The minimum Gasteiger partial charge on any atom is -0.390 e. The van der Waals surface area contributed by atoms with E-state index in [-0.39, 0.29) is 179 Å². The van der Waals surface area contributed by atoms with Crippen LogP contribution in [0.15, 0.2) is 0 Å². The average Bonchev–Trinajstić information content (AvgIpc) is 0.823. The van der Waals surface area contributed by atoms with Crippen LogP contribution in [0, 0.1) is 11.3 Å². The average molecular weight is 1550 g/mol. The van der Waals surface area contributed by atoms with Crippen LogP contribution in [-0.4, -0.2) is 320 Å². The van der Waals surface area contributed by atoms with Gasteiger partial charge in [-0.1, -0.05) is 13.8 Å². The van der Waals surface area contributed by atoms with E-state index < -0.39 is 141 Å². The van der Waals surface area contributed by atoms with Crippen molar-refractivity contribution in [2.75, 3.05) is 119 Å². The van der Waals surface area contributed by atoms with Gasteiger partial charge < -0.3 is 150 Å². The molecule has 0 aromatic carbocycles. The zero-order chi connectivity index (χ0) is 76.5. The molecule has 102 heavy (non-hydrogen) atoms. The van der Waals surface area contributed by atoms with Gasteiger partial charge in [0.25, 0.3) is 0 Å². The summed E-state index contributed by atoms with van der Waals surface area (Å²) >= 11 is 0. The van der Waals surface area contributed by atoms with Crippen LogP contribution in [0.1, 0.15) is 110 Å². The van der Waals surface area contributed by atoms with Crippen LogP contribution < -0.4 is 31.9 Å². The number of hydrogen-bond donors (Lipinski definition) is 22. The molecule has 598 valence electrons. The Labute approximate surface area is 589 Å². The van der Waals surface area contributed by atoms with E-state index in [0.29, 0.717) is 51.4 Å². The maximum atomic E-state index is 12.7. The molecule has 15 atom stereocenters. The summed E-state index contributed by atoms with van der Waals surface area (Å²) in [7, 11) is -14.7. The van der Waals surface area contributed by atoms with E-state index in [1.165, 1.54) is 6.92 Å². The third-order valence-corrected chi connectivity index (χ3v) is 16.7. The minimum absolute atomic E-state index is 0.00441. The second kappa shape index (κ2) is 50.9. The van der Waals surface area contributed by atoms with Crippen LogP contribution in [0.2, 0.25) is 0 Å². The molecule has 2 saturated heterocycles. The highest BCUT2D eigenvalue weighted by Crippen LogP contribution is 2.39. The Hall–Kier alpha value is -3.57. The molecule has 0 bridgehead atoms. The van der Waals surface area contributed by atoms with Gasteiger partial charge in [-0.3, -0.25) is 42.3 Å². The van der Waals surface area contributed by atoms with Crippen LogP contribution in [0.4, 0.5) is 0 Å². The summed E-state index contributed by atoms with van der Waals surface area (Å²) in [4.78, 5) is 128. The van der Waals surface area contributed by atoms with Crippen LogP contribution in [0.3, 0.4) is 0 Å². The van der Waals surface area contributed by atoms with Crippen molar-refractivity contribution in [2.45, 2.75) is 196 Å². The van der Waals surface area contributed by atoms with E-state index in [9.17, 15) is 93.5 Å². The van der Waals surface area contributed by atoms with E-state index in [4.69, 9.17) is 67.3 Å². The van der Waals surface area contributed by atoms with E-state index in [1.807, 2.05) is 0 Å². The fourth-order valence-corrected chi connectivity index (χ4v) is 10.5. The van der Waals surface area contributed by atoms with E-state index in [1.54, 1.807) is 6.92 Å². The molecule has 0 aromatic heterocycles. The number of unbranched alkanes of at least 4 members (excludes halogenated alkanes) is 3. The second-order valence-corrected chi connectivity index (χ2v) is 28.3. The number of carbonyl (C=O) groups is 6. The topological polar surface area (TPSA) is 651 Å². The van der Waals surface area contributed by atoms with Gasteiger partial charge in [0.05, 0.1) is 65.6 Å². The molecule has 2 fully saturated rings. The molecule has 15 unspecified atom stereocenters. The maximum absolute atomic E-state index is 12.7. The third-order valence-electron chi connectivity index (χ3n) is 15.2. The normalized spacial score (nSPS) is 23.2. The number of nitrogens with one attached hydrogen (secondary N) is 6. The lowest BCUT2D eigenvalue weighted by Gasteiger charge is -2.40. The van der Waals surface area contributed by atoms with Gasteiger partial charge in [0.2, 0.25) is 35.4 Å². The van der Waals surface area contributed by atoms with Crippen molar-refractivity contribution in [3.63, 3.8) is 0 Å². The Morgan fingerprint density at radius 3 is 1.04 bits per heavy atom. The Kier molecular flexibility index (Phi) is 47.2.